The summed E-state index contributed by atoms with van der Waals surface area (Å²) in [7, 11) is 0. The molecular weight excluding hydrogens is 241 g/mol. The summed E-state index contributed by atoms with van der Waals surface area (Å²) in [5, 5.41) is 0. The average molecular weight is 267 g/mol. The summed E-state index contributed by atoms with van der Waals surface area (Å²) >= 11 is 0. The zero-order chi connectivity index (χ0) is 14.1. The SMILES string of the molecule is CCN(CC)CCN(CCCN)c1cccc(F)c1. The normalized spacial score (nSPS) is 11.0. The number of nitrogens with two attached hydrogens (primary N) is 1. The fraction of sp³-hybridized carbons (Fsp3) is 0.600. The van der Waals surface area contributed by atoms with Crippen LogP contribution in [-0.2, 0) is 0 Å². The minimum absolute atomic E-state index is 0.182. The van der Waals surface area contributed by atoms with Gasteiger partial charge in [0.25, 0.3) is 0 Å². The first-order chi connectivity index (χ1) is 9.21. The summed E-state index contributed by atoms with van der Waals surface area (Å²) in [5.41, 5.74) is 6.53. The van der Waals surface area contributed by atoms with Gasteiger partial charge in [-0.15, -0.1) is 0 Å². The second-order valence-electron chi connectivity index (χ2n) is 4.64. The molecule has 0 atom stereocenters. The van der Waals surface area contributed by atoms with Gasteiger partial charge in [-0.1, -0.05) is 19.9 Å². The Morgan fingerprint density at radius 3 is 2.42 bits per heavy atom. The van der Waals surface area contributed by atoms with E-state index in [4.69, 9.17) is 5.73 Å². The maximum atomic E-state index is 13.3. The van der Waals surface area contributed by atoms with Crippen molar-refractivity contribution in [1.29, 1.82) is 0 Å². The maximum absolute atomic E-state index is 13.3. The zero-order valence-electron chi connectivity index (χ0n) is 12.1. The van der Waals surface area contributed by atoms with E-state index >= 15 is 0 Å². The van der Waals surface area contributed by atoms with Gasteiger partial charge in [0.15, 0.2) is 0 Å². The molecule has 4 heteroatoms. The molecule has 0 unspecified atom stereocenters. The van der Waals surface area contributed by atoms with E-state index in [9.17, 15) is 4.39 Å². The first kappa shape index (κ1) is 15.9. The number of hydrogen-bond donors (Lipinski definition) is 1. The average Bonchev–Trinajstić information content (AvgIpc) is 2.43. The number of nitrogens with zero attached hydrogens (tertiary/aromatic N) is 2. The molecule has 0 radical (unpaired) electrons. The Labute approximate surface area is 116 Å². The molecular formula is C15H26FN3. The number of likely N-dealkylation sites (N-methyl/N-ethyl adjacent to an activating group) is 1. The lowest BCUT2D eigenvalue weighted by molar-refractivity contribution is 0.309. The lowest BCUT2D eigenvalue weighted by Gasteiger charge is -2.28. The second kappa shape index (κ2) is 8.88. The van der Waals surface area contributed by atoms with Crippen LogP contribution >= 0.6 is 0 Å². The van der Waals surface area contributed by atoms with Gasteiger partial charge >= 0.3 is 0 Å². The van der Waals surface area contributed by atoms with Crippen LogP contribution in [0.2, 0.25) is 0 Å². The predicted octanol–water partition coefficient (Wildman–Crippen LogP) is 2.32. The van der Waals surface area contributed by atoms with Crippen molar-refractivity contribution < 1.29 is 4.39 Å². The van der Waals surface area contributed by atoms with Gasteiger partial charge < -0.3 is 15.5 Å². The van der Waals surface area contributed by atoms with E-state index in [1.165, 1.54) is 6.07 Å². The van der Waals surface area contributed by atoms with Gasteiger partial charge in [0.2, 0.25) is 0 Å². The molecule has 108 valence electrons. The van der Waals surface area contributed by atoms with Crippen LogP contribution in [0.25, 0.3) is 0 Å². The van der Waals surface area contributed by atoms with Crippen molar-refractivity contribution in [3.05, 3.63) is 30.1 Å². The molecule has 0 bridgehead atoms. The van der Waals surface area contributed by atoms with Crippen molar-refractivity contribution in [2.75, 3.05) is 44.2 Å². The van der Waals surface area contributed by atoms with Crippen molar-refractivity contribution in [3.63, 3.8) is 0 Å². The standard InChI is InChI=1S/C15H26FN3/c1-3-18(4-2)11-12-19(10-6-9-17)15-8-5-7-14(16)13-15/h5,7-8,13H,3-4,6,9-12,17H2,1-2H3. The van der Waals surface area contributed by atoms with Gasteiger partial charge in [-0.25, -0.2) is 4.39 Å². The largest absolute Gasteiger partial charge is 0.370 e. The number of hydrogen-bond acceptors (Lipinski definition) is 3. The summed E-state index contributed by atoms with van der Waals surface area (Å²) in [4.78, 5) is 4.59. The van der Waals surface area contributed by atoms with Crippen LogP contribution in [0.1, 0.15) is 20.3 Å². The van der Waals surface area contributed by atoms with Crippen molar-refractivity contribution in [2.45, 2.75) is 20.3 Å². The maximum Gasteiger partial charge on any atom is 0.125 e. The lowest BCUT2D eigenvalue weighted by atomic mass is 10.2. The highest BCUT2D eigenvalue weighted by molar-refractivity contribution is 5.46. The Bertz CT molecular complexity index is 353. The van der Waals surface area contributed by atoms with E-state index in [1.54, 1.807) is 12.1 Å². The molecule has 1 rings (SSSR count). The molecule has 0 saturated carbocycles. The third kappa shape index (κ3) is 5.57. The third-order valence-corrected chi connectivity index (χ3v) is 3.39. The summed E-state index contributed by atoms with van der Waals surface area (Å²) in [6.07, 6.45) is 0.925. The van der Waals surface area contributed by atoms with Gasteiger partial charge in [-0.3, -0.25) is 0 Å². The predicted molar refractivity (Wildman–Crippen MR) is 80.1 cm³/mol. The highest BCUT2D eigenvalue weighted by Gasteiger charge is 2.08. The van der Waals surface area contributed by atoms with Gasteiger partial charge in [-0.05, 0) is 44.3 Å². The fourth-order valence-corrected chi connectivity index (χ4v) is 2.13. The molecule has 0 aliphatic rings. The van der Waals surface area contributed by atoms with Crippen molar-refractivity contribution in [1.82, 2.24) is 4.90 Å². The van der Waals surface area contributed by atoms with E-state index in [1.807, 2.05) is 6.07 Å². The molecule has 0 aromatic heterocycles. The molecule has 1 aromatic carbocycles. The summed E-state index contributed by atoms with van der Waals surface area (Å²) in [6, 6.07) is 6.80. The van der Waals surface area contributed by atoms with E-state index < -0.39 is 0 Å². The van der Waals surface area contributed by atoms with Gasteiger partial charge in [0, 0.05) is 25.3 Å². The number of benzene rings is 1. The van der Waals surface area contributed by atoms with Crippen molar-refractivity contribution in [2.24, 2.45) is 5.73 Å². The van der Waals surface area contributed by atoms with Crippen LogP contribution < -0.4 is 10.6 Å². The minimum Gasteiger partial charge on any atom is -0.370 e. The summed E-state index contributed by atoms with van der Waals surface area (Å²) < 4.78 is 13.3. The number of rotatable bonds is 9. The van der Waals surface area contributed by atoms with Gasteiger partial charge in [-0.2, -0.15) is 0 Å². The molecule has 0 saturated heterocycles. The van der Waals surface area contributed by atoms with Crippen molar-refractivity contribution >= 4 is 5.69 Å². The fourth-order valence-electron chi connectivity index (χ4n) is 2.13. The Morgan fingerprint density at radius 1 is 1.11 bits per heavy atom. The Kier molecular flexibility index (Phi) is 7.45. The topological polar surface area (TPSA) is 32.5 Å². The van der Waals surface area contributed by atoms with Crippen molar-refractivity contribution in [3.8, 4) is 0 Å². The van der Waals surface area contributed by atoms with Crippen LogP contribution in [0.4, 0.5) is 10.1 Å². The van der Waals surface area contributed by atoms with Crippen LogP contribution in [0.5, 0.6) is 0 Å². The monoisotopic (exact) mass is 267 g/mol. The van der Waals surface area contributed by atoms with Crippen LogP contribution in [-0.4, -0.2) is 44.2 Å². The lowest BCUT2D eigenvalue weighted by Crippen LogP contribution is -2.36. The van der Waals surface area contributed by atoms with E-state index in [0.29, 0.717) is 6.54 Å². The summed E-state index contributed by atoms with van der Waals surface area (Å²) in [5.74, 6) is -0.182. The molecule has 3 nitrogen and oxygen atoms in total. The molecule has 1 aromatic rings. The van der Waals surface area contributed by atoms with Crippen LogP contribution in [0.3, 0.4) is 0 Å². The molecule has 0 spiro atoms. The van der Waals surface area contributed by atoms with Crippen LogP contribution in [0, 0.1) is 5.82 Å². The molecule has 0 heterocycles. The van der Waals surface area contributed by atoms with E-state index in [-0.39, 0.29) is 5.82 Å². The first-order valence-corrected chi connectivity index (χ1v) is 7.14. The Balaban J connectivity index is 2.65. The van der Waals surface area contributed by atoms with Crippen LogP contribution in [0.15, 0.2) is 24.3 Å². The van der Waals surface area contributed by atoms with Gasteiger partial charge in [0.05, 0.1) is 0 Å². The van der Waals surface area contributed by atoms with E-state index in [2.05, 4.69) is 23.6 Å². The van der Waals surface area contributed by atoms with E-state index in [0.717, 1.165) is 44.8 Å². The third-order valence-electron chi connectivity index (χ3n) is 3.39. The Morgan fingerprint density at radius 2 is 1.84 bits per heavy atom. The second-order valence-corrected chi connectivity index (χ2v) is 4.64. The summed E-state index contributed by atoms with van der Waals surface area (Å²) in [6.45, 7) is 9.86. The number of halogens is 1. The zero-order valence-corrected chi connectivity index (χ0v) is 12.1. The molecule has 2 N–H and O–H groups in total. The van der Waals surface area contributed by atoms with Gasteiger partial charge in [0.1, 0.15) is 5.82 Å². The molecule has 0 amide bonds. The molecule has 0 aliphatic carbocycles. The minimum atomic E-state index is -0.182. The molecule has 0 aliphatic heterocycles. The Hall–Kier alpha value is -1.13. The highest BCUT2D eigenvalue weighted by Crippen LogP contribution is 2.15. The quantitative estimate of drug-likeness (QED) is 0.745. The smallest absolute Gasteiger partial charge is 0.125 e. The number of anilines is 1. The highest BCUT2D eigenvalue weighted by atomic mass is 19.1. The molecule has 19 heavy (non-hydrogen) atoms. The first-order valence-electron chi connectivity index (χ1n) is 7.14. The molecule has 0 fully saturated rings.